The summed E-state index contributed by atoms with van der Waals surface area (Å²) in [5.74, 6) is 0.511. The molecule has 2 aromatic carbocycles. The molecule has 0 bridgehead atoms. The highest BCUT2D eigenvalue weighted by molar-refractivity contribution is 9.10. The summed E-state index contributed by atoms with van der Waals surface area (Å²) in [6, 6.07) is 15.7. The van der Waals surface area contributed by atoms with E-state index in [0.29, 0.717) is 5.92 Å². The van der Waals surface area contributed by atoms with Crippen LogP contribution in [0.1, 0.15) is 41.3 Å². The van der Waals surface area contributed by atoms with Crippen LogP contribution in [0.5, 0.6) is 0 Å². The van der Waals surface area contributed by atoms with Crippen molar-refractivity contribution in [1.82, 2.24) is 0 Å². The Hall–Kier alpha value is -1.67. The van der Waals surface area contributed by atoms with E-state index in [9.17, 15) is 4.79 Å². The number of carbonyl (C=O) groups is 1. The number of allylic oxidation sites excluding steroid dienone is 1. The first-order valence-electron chi connectivity index (χ1n) is 6.64. The van der Waals surface area contributed by atoms with E-state index in [1.54, 1.807) is 6.08 Å². The molecule has 102 valence electrons. The lowest BCUT2D eigenvalue weighted by molar-refractivity contribution is 0.104. The van der Waals surface area contributed by atoms with Gasteiger partial charge in [-0.2, -0.15) is 0 Å². The molecule has 0 saturated heterocycles. The molecule has 0 aliphatic rings. The minimum absolute atomic E-state index is 0.0280. The van der Waals surface area contributed by atoms with Crippen LogP contribution in [0.4, 0.5) is 0 Å². The van der Waals surface area contributed by atoms with Crippen molar-refractivity contribution in [2.75, 3.05) is 0 Å². The smallest absolute Gasteiger partial charge is 0.185 e. The van der Waals surface area contributed by atoms with Gasteiger partial charge in [-0.15, -0.1) is 0 Å². The highest BCUT2D eigenvalue weighted by atomic mass is 79.9. The van der Waals surface area contributed by atoms with Crippen molar-refractivity contribution in [2.45, 2.75) is 19.8 Å². The maximum atomic E-state index is 12.1. The van der Waals surface area contributed by atoms with Crippen LogP contribution in [0.3, 0.4) is 0 Å². The highest BCUT2D eigenvalue weighted by Crippen LogP contribution is 2.16. The van der Waals surface area contributed by atoms with Crippen molar-refractivity contribution in [3.63, 3.8) is 0 Å². The van der Waals surface area contributed by atoms with E-state index in [1.165, 1.54) is 5.56 Å². The van der Waals surface area contributed by atoms with Crippen LogP contribution in [-0.2, 0) is 0 Å². The maximum absolute atomic E-state index is 12.1. The van der Waals surface area contributed by atoms with E-state index in [2.05, 4.69) is 29.8 Å². The second-order valence-corrected chi connectivity index (χ2v) is 5.94. The molecule has 0 saturated carbocycles. The van der Waals surface area contributed by atoms with Gasteiger partial charge in [0.2, 0.25) is 0 Å². The molecule has 0 aliphatic carbocycles. The third-order valence-corrected chi connectivity index (χ3v) is 3.63. The molecular weight excluding hydrogens is 312 g/mol. The normalized spacial score (nSPS) is 11.2. The molecule has 0 radical (unpaired) electrons. The monoisotopic (exact) mass is 328 g/mol. The predicted octanol–water partition coefficient (Wildman–Crippen LogP) is 5.47. The van der Waals surface area contributed by atoms with Crippen LogP contribution in [0, 0.1) is 0 Å². The Morgan fingerprint density at radius 2 is 1.80 bits per heavy atom. The standard InChI is InChI=1S/C18H17BrO/c1-13(2)15-7-9-16(10-8-15)18(20)11-6-14-4-3-5-17(19)12-14/h3-13H,1-2H3/b11-6+. The van der Waals surface area contributed by atoms with Crippen molar-refractivity contribution in [3.8, 4) is 0 Å². The fourth-order valence-corrected chi connectivity index (χ4v) is 2.33. The number of hydrogen-bond donors (Lipinski definition) is 0. The van der Waals surface area contributed by atoms with Gasteiger partial charge >= 0.3 is 0 Å². The summed E-state index contributed by atoms with van der Waals surface area (Å²) in [5, 5.41) is 0. The zero-order chi connectivity index (χ0) is 14.5. The highest BCUT2D eigenvalue weighted by Gasteiger charge is 2.03. The Morgan fingerprint density at radius 1 is 1.10 bits per heavy atom. The first-order valence-corrected chi connectivity index (χ1v) is 7.43. The molecule has 0 spiro atoms. The average Bonchev–Trinajstić information content (AvgIpc) is 2.45. The fourth-order valence-electron chi connectivity index (χ4n) is 1.91. The molecular formula is C18H17BrO. The molecule has 0 aromatic heterocycles. The van der Waals surface area contributed by atoms with E-state index >= 15 is 0 Å². The molecule has 0 amide bonds. The van der Waals surface area contributed by atoms with Crippen LogP contribution in [-0.4, -0.2) is 5.78 Å². The van der Waals surface area contributed by atoms with E-state index in [4.69, 9.17) is 0 Å². The molecule has 0 aliphatic heterocycles. The third-order valence-electron chi connectivity index (χ3n) is 3.14. The number of ketones is 1. The summed E-state index contributed by atoms with van der Waals surface area (Å²) in [7, 11) is 0. The van der Waals surface area contributed by atoms with Crippen LogP contribution in [0.2, 0.25) is 0 Å². The van der Waals surface area contributed by atoms with E-state index in [-0.39, 0.29) is 5.78 Å². The van der Waals surface area contributed by atoms with Crippen molar-refractivity contribution in [2.24, 2.45) is 0 Å². The first-order chi connectivity index (χ1) is 9.56. The minimum Gasteiger partial charge on any atom is -0.289 e. The van der Waals surface area contributed by atoms with Gasteiger partial charge in [0, 0.05) is 10.0 Å². The molecule has 0 fully saturated rings. The Labute approximate surface area is 128 Å². The van der Waals surface area contributed by atoms with Gasteiger partial charge in [-0.3, -0.25) is 4.79 Å². The lowest BCUT2D eigenvalue weighted by Crippen LogP contribution is -1.95. The van der Waals surface area contributed by atoms with Crippen molar-refractivity contribution < 1.29 is 4.79 Å². The number of rotatable bonds is 4. The topological polar surface area (TPSA) is 17.1 Å². The van der Waals surface area contributed by atoms with Crippen LogP contribution >= 0.6 is 15.9 Å². The molecule has 2 rings (SSSR count). The van der Waals surface area contributed by atoms with Gasteiger partial charge < -0.3 is 0 Å². The molecule has 2 aromatic rings. The van der Waals surface area contributed by atoms with Crippen LogP contribution < -0.4 is 0 Å². The van der Waals surface area contributed by atoms with Gasteiger partial charge in [0.15, 0.2) is 5.78 Å². The molecule has 20 heavy (non-hydrogen) atoms. The number of carbonyl (C=O) groups excluding carboxylic acids is 1. The van der Waals surface area contributed by atoms with Gasteiger partial charge in [-0.25, -0.2) is 0 Å². The predicted molar refractivity (Wildman–Crippen MR) is 88.0 cm³/mol. The summed E-state index contributed by atoms with van der Waals surface area (Å²) >= 11 is 3.42. The molecule has 1 nitrogen and oxygen atoms in total. The third kappa shape index (κ3) is 3.91. The molecule has 0 atom stereocenters. The number of benzene rings is 2. The maximum Gasteiger partial charge on any atom is 0.185 e. The molecule has 0 heterocycles. The van der Waals surface area contributed by atoms with Gasteiger partial charge in [0.05, 0.1) is 0 Å². The van der Waals surface area contributed by atoms with Crippen LogP contribution in [0.25, 0.3) is 6.08 Å². The zero-order valence-electron chi connectivity index (χ0n) is 11.6. The first kappa shape index (κ1) is 14.7. The Bertz CT molecular complexity index is 624. The van der Waals surface area contributed by atoms with Gasteiger partial charge in [0.25, 0.3) is 0 Å². The van der Waals surface area contributed by atoms with Crippen molar-refractivity contribution >= 4 is 27.8 Å². The largest absolute Gasteiger partial charge is 0.289 e. The van der Waals surface area contributed by atoms with Crippen molar-refractivity contribution in [1.29, 1.82) is 0 Å². The summed E-state index contributed by atoms with van der Waals surface area (Å²) in [6.45, 7) is 4.29. The van der Waals surface area contributed by atoms with Gasteiger partial charge in [-0.05, 0) is 35.3 Å². The number of halogens is 1. The van der Waals surface area contributed by atoms with E-state index < -0.39 is 0 Å². The number of hydrogen-bond acceptors (Lipinski definition) is 1. The van der Waals surface area contributed by atoms with Crippen molar-refractivity contribution in [3.05, 3.63) is 75.8 Å². The second-order valence-electron chi connectivity index (χ2n) is 5.03. The van der Waals surface area contributed by atoms with Crippen LogP contribution in [0.15, 0.2) is 59.1 Å². The van der Waals surface area contributed by atoms with Gasteiger partial charge in [-0.1, -0.05) is 72.3 Å². The zero-order valence-corrected chi connectivity index (χ0v) is 13.2. The Kier molecular flexibility index (Phi) is 4.91. The van der Waals surface area contributed by atoms with E-state index in [1.807, 2.05) is 54.6 Å². The average molecular weight is 329 g/mol. The quantitative estimate of drug-likeness (QED) is 0.537. The Morgan fingerprint density at radius 3 is 2.40 bits per heavy atom. The SMILES string of the molecule is CC(C)c1ccc(C(=O)/C=C/c2cccc(Br)c2)cc1. The summed E-state index contributed by atoms with van der Waals surface area (Å²) in [5.41, 5.74) is 2.98. The summed E-state index contributed by atoms with van der Waals surface area (Å²) in [6.07, 6.45) is 3.45. The lowest BCUT2D eigenvalue weighted by atomic mass is 10.0. The second kappa shape index (κ2) is 6.67. The molecule has 0 N–H and O–H groups in total. The Balaban J connectivity index is 2.11. The summed E-state index contributed by atoms with van der Waals surface area (Å²) in [4.78, 5) is 12.1. The molecule has 0 unspecified atom stereocenters. The minimum atomic E-state index is 0.0280. The van der Waals surface area contributed by atoms with E-state index in [0.717, 1.165) is 15.6 Å². The summed E-state index contributed by atoms with van der Waals surface area (Å²) < 4.78 is 1.01. The fraction of sp³-hybridized carbons (Fsp3) is 0.167. The molecule has 2 heteroatoms. The lowest BCUT2D eigenvalue weighted by Gasteiger charge is -2.05. The van der Waals surface area contributed by atoms with Gasteiger partial charge in [0.1, 0.15) is 0 Å².